The highest BCUT2D eigenvalue weighted by Crippen LogP contribution is 2.39. The van der Waals surface area contributed by atoms with Crippen LogP contribution in [0.1, 0.15) is 0 Å². The molecule has 0 saturated heterocycles. The summed E-state index contributed by atoms with van der Waals surface area (Å²) in [5.41, 5.74) is 7.94. The van der Waals surface area contributed by atoms with Gasteiger partial charge in [-0.05, 0) is 48.5 Å². The van der Waals surface area contributed by atoms with Gasteiger partial charge in [-0.3, -0.25) is 4.57 Å². The molecule has 0 aliphatic heterocycles. The van der Waals surface area contributed by atoms with Crippen LogP contribution in [0.4, 0.5) is 0 Å². The first kappa shape index (κ1) is 21.0. The summed E-state index contributed by atoms with van der Waals surface area (Å²) in [5.74, 6) is 0.916. The molecular formula is C35H23N3. The summed E-state index contributed by atoms with van der Waals surface area (Å²) in [7, 11) is 0. The zero-order chi connectivity index (χ0) is 25.1. The number of rotatable bonds is 3. The Morgan fingerprint density at radius 2 is 0.974 bits per heavy atom. The van der Waals surface area contributed by atoms with Crippen molar-refractivity contribution in [1.82, 2.24) is 14.1 Å². The normalized spacial score (nSPS) is 11.7. The van der Waals surface area contributed by atoms with Crippen LogP contribution < -0.4 is 0 Å². The van der Waals surface area contributed by atoms with E-state index in [4.69, 9.17) is 4.98 Å². The molecule has 3 nitrogen and oxygen atoms in total. The van der Waals surface area contributed by atoms with Gasteiger partial charge < -0.3 is 4.57 Å². The van der Waals surface area contributed by atoms with Crippen molar-refractivity contribution in [2.24, 2.45) is 0 Å². The van der Waals surface area contributed by atoms with Crippen LogP contribution >= 0.6 is 0 Å². The molecule has 3 heterocycles. The van der Waals surface area contributed by atoms with Gasteiger partial charge in [0.15, 0.2) is 0 Å². The second-order valence-corrected chi connectivity index (χ2v) is 9.67. The zero-order valence-corrected chi connectivity index (χ0v) is 20.6. The van der Waals surface area contributed by atoms with Gasteiger partial charge in [0.2, 0.25) is 0 Å². The molecule has 0 radical (unpaired) electrons. The van der Waals surface area contributed by atoms with Crippen LogP contribution in [0.15, 0.2) is 140 Å². The minimum absolute atomic E-state index is 0.916. The van der Waals surface area contributed by atoms with Crippen molar-refractivity contribution in [1.29, 1.82) is 0 Å². The predicted molar refractivity (Wildman–Crippen MR) is 158 cm³/mol. The second kappa shape index (κ2) is 8.19. The van der Waals surface area contributed by atoms with E-state index in [1.54, 1.807) is 0 Å². The van der Waals surface area contributed by atoms with Gasteiger partial charge >= 0.3 is 0 Å². The summed E-state index contributed by atoms with van der Waals surface area (Å²) >= 11 is 0. The quantitative estimate of drug-likeness (QED) is 0.245. The van der Waals surface area contributed by atoms with E-state index in [1.165, 1.54) is 32.6 Å². The van der Waals surface area contributed by atoms with E-state index in [0.29, 0.717) is 0 Å². The Balaban J connectivity index is 1.50. The van der Waals surface area contributed by atoms with E-state index in [1.807, 2.05) is 6.07 Å². The van der Waals surface area contributed by atoms with Crippen molar-refractivity contribution < 1.29 is 0 Å². The van der Waals surface area contributed by atoms with Crippen molar-refractivity contribution in [3.8, 4) is 22.8 Å². The molecule has 0 saturated carbocycles. The van der Waals surface area contributed by atoms with Crippen molar-refractivity contribution in [3.05, 3.63) is 140 Å². The van der Waals surface area contributed by atoms with Gasteiger partial charge in [0.25, 0.3) is 0 Å². The maximum absolute atomic E-state index is 5.15. The maximum atomic E-state index is 5.15. The van der Waals surface area contributed by atoms with Crippen molar-refractivity contribution >= 4 is 43.6 Å². The van der Waals surface area contributed by atoms with E-state index in [0.717, 1.165) is 33.8 Å². The van der Waals surface area contributed by atoms with Crippen LogP contribution in [0.2, 0.25) is 0 Å². The third-order valence-corrected chi connectivity index (χ3v) is 7.51. The van der Waals surface area contributed by atoms with E-state index >= 15 is 0 Å². The standard InChI is InChI=1S/C35H23N3/c1-3-12-24(13-4-1)30-18-11-21-35(36-30)38-32-20-10-8-17-27(32)29-22-28-26-16-7-9-19-31(26)37(33(28)23-34(29)38)25-14-5-2-6-15-25/h1-23H. The number of para-hydroxylation sites is 3. The second-order valence-electron chi connectivity index (χ2n) is 9.67. The highest BCUT2D eigenvalue weighted by Gasteiger charge is 2.18. The molecular weight excluding hydrogens is 462 g/mol. The monoisotopic (exact) mass is 485 g/mol. The molecule has 0 amide bonds. The molecule has 5 aromatic carbocycles. The third-order valence-electron chi connectivity index (χ3n) is 7.51. The Morgan fingerprint density at radius 1 is 0.395 bits per heavy atom. The van der Waals surface area contributed by atoms with E-state index in [2.05, 4.69) is 143 Å². The lowest BCUT2D eigenvalue weighted by atomic mass is 10.1. The number of aromatic nitrogens is 3. The Morgan fingerprint density at radius 3 is 1.68 bits per heavy atom. The fraction of sp³-hybridized carbons (Fsp3) is 0. The SMILES string of the molecule is c1ccc(-c2cccc(-n3c4ccccc4c4cc5c6ccccc6n(-c6ccccc6)c5cc43)n2)cc1. The molecule has 178 valence electrons. The minimum atomic E-state index is 0.916. The fourth-order valence-corrected chi connectivity index (χ4v) is 5.85. The van der Waals surface area contributed by atoms with Crippen LogP contribution in [-0.2, 0) is 0 Å². The summed E-state index contributed by atoms with van der Waals surface area (Å²) in [6, 6.07) is 49.3. The average molecular weight is 486 g/mol. The van der Waals surface area contributed by atoms with Crippen LogP contribution in [0.25, 0.3) is 66.4 Å². The Kier molecular flexibility index (Phi) is 4.52. The first-order valence-corrected chi connectivity index (χ1v) is 12.9. The molecule has 0 unspecified atom stereocenters. The number of fused-ring (bicyclic) bond motifs is 6. The van der Waals surface area contributed by atoms with Crippen molar-refractivity contribution in [3.63, 3.8) is 0 Å². The van der Waals surface area contributed by atoms with Crippen LogP contribution in [-0.4, -0.2) is 14.1 Å². The first-order valence-electron chi connectivity index (χ1n) is 12.9. The highest BCUT2D eigenvalue weighted by atomic mass is 15.1. The van der Waals surface area contributed by atoms with Crippen molar-refractivity contribution in [2.45, 2.75) is 0 Å². The molecule has 3 heteroatoms. The topological polar surface area (TPSA) is 22.8 Å². The molecule has 0 aliphatic carbocycles. The maximum Gasteiger partial charge on any atom is 0.138 e. The average Bonchev–Trinajstić information content (AvgIpc) is 3.49. The number of nitrogens with zero attached hydrogens (tertiary/aromatic N) is 3. The molecule has 3 aromatic heterocycles. The Bertz CT molecular complexity index is 2120. The summed E-state index contributed by atoms with van der Waals surface area (Å²) in [5, 5.41) is 4.98. The summed E-state index contributed by atoms with van der Waals surface area (Å²) < 4.78 is 4.68. The Labute approximate surface area is 219 Å². The van der Waals surface area contributed by atoms with Crippen LogP contribution in [0.5, 0.6) is 0 Å². The molecule has 0 N–H and O–H groups in total. The summed E-state index contributed by atoms with van der Waals surface area (Å²) in [6.45, 7) is 0. The zero-order valence-electron chi connectivity index (χ0n) is 20.6. The minimum Gasteiger partial charge on any atom is -0.309 e. The largest absolute Gasteiger partial charge is 0.309 e. The van der Waals surface area contributed by atoms with E-state index in [-0.39, 0.29) is 0 Å². The molecule has 8 aromatic rings. The summed E-state index contributed by atoms with van der Waals surface area (Å²) in [4.78, 5) is 5.15. The van der Waals surface area contributed by atoms with Crippen molar-refractivity contribution in [2.75, 3.05) is 0 Å². The lowest BCUT2D eigenvalue weighted by Crippen LogP contribution is -1.99. The van der Waals surface area contributed by atoms with Gasteiger partial charge in [-0.25, -0.2) is 4.98 Å². The molecule has 0 fully saturated rings. The number of pyridine rings is 1. The predicted octanol–water partition coefficient (Wildman–Crippen LogP) is 8.94. The van der Waals surface area contributed by atoms with Gasteiger partial charge in [0.05, 0.1) is 27.8 Å². The molecule has 8 rings (SSSR count). The summed E-state index contributed by atoms with van der Waals surface area (Å²) in [6.07, 6.45) is 0. The molecule has 0 atom stereocenters. The lowest BCUT2D eigenvalue weighted by molar-refractivity contribution is 1.08. The van der Waals surface area contributed by atoms with Gasteiger partial charge in [0, 0.05) is 32.8 Å². The molecule has 38 heavy (non-hydrogen) atoms. The van der Waals surface area contributed by atoms with E-state index in [9.17, 15) is 0 Å². The number of benzene rings is 5. The Hall–Kier alpha value is -5.15. The molecule has 0 bridgehead atoms. The lowest BCUT2D eigenvalue weighted by Gasteiger charge is -2.10. The van der Waals surface area contributed by atoms with Gasteiger partial charge in [0.1, 0.15) is 5.82 Å². The third kappa shape index (κ3) is 3.06. The molecule has 0 aliphatic rings. The number of hydrogen-bond acceptors (Lipinski definition) is 1. The van der Waals surface area contributed by atoms with Crippen LogP contribution in [0.3, 0.4) is 0 Å². The first-order chi connectivity index (χ1) is 18.9. The van der Waals surface area contributed by atoms with Gasteiger partial charge in [-0.2, -0.15) is 0 Å². The fourth-order valence-electron chi connectivity index (χ4n) is 5.85. The van der Waals surface area contributed by atoms with E-state index < -0.39 is 0 Å². The van der Waals surface area contributed by atoms with Gasteiger partial charge in [-0.15, -0.1) is 0 Å². The number of hydrogen-bond donors (Lipinski definition) is 0. The smallest absolute Gasteiger partial charge is 0.138 e. The molecule has 0 spiro atoms. The van der Waals surface area contributed by atoms with Gasteiger partial charge in [-0.1, -0.05) is 91.0 Å². The highest BCUT2D eigenvalue weighted by molar-refractivity contribution is 6.19. The van der Waals surface area contributed by atoms with Crippen LogP contribution in [0, 0.1) is 0 Å².